The first-order valence-electron chi connectivity index (χ1n) is 6.69. The standard InChI is InChI=1S/C15H18O5/c16-11-8-12(14(17)18)13(9-11)15(19)20-7-6-10-4-2-1-3-5-10/h1-5,11-13,16H,6-9H2,(H,17,18)/t11-,12-,13-/m1/s1. The minimum Gasteiger partial charge on any atom is -0.481 e. The van der Waals surface area contributed by atoms with Gasteiger partial charge in [0.15, 0.2) is 0 Å². The van der Waals surface area contributed by atoms with Crippen molar-refractivity contribution in [1.82, 2.24) is 0 Å². The van der Waals surface area contributed by atoms with Gasteiger partial charge in [0.1, 0.15) is 0 Å². The third kappa shape index (κ3) is 3.57. The first-order valence-corrected chi connectivity index (χ1v) is 6.69. The van der Waals surface area contributed by atoms with Crippen molar-refractivity contribution in [3.63, 3.8) is 0 Å². The number of hydrogen-bond acceptors (Lipinski definition) is 4. The Hall–Kier alpha value is -1.88. The fourth-order valence-electron chi connectivity index (χ4n) is 2.57. The Balaban J connectivity index is 1.84. The van der Waals surface area contributed by atoms with E-state index in [0.717, 1.165) is 5.56 Å². The number of carboxylic acids is 1. The highest BCUT2D eigenvalue weighted by Crippen LogP contribution is 2.33. The molecular weight excluding hydrogens is 260 g/mol. The van der Waals surface area contributed by atoms with Crippen LogP contribution in [0.3, 0.4) is 0 Å². The first-order chi connectivity index (χ1) is 9.58. The summed E-state index contributed by atoms with van der Waals surface area (Å²) in [6.45, 7) is 0.224. The zero-order valence-corrected chi connectivity index (χ0v) is 11.1. The molecule has 1 fully saturated rings. The van der Waals surface area contributed by atoms with Gasteiger partial charge in [0.05, 0.1) is 24.5 Å². The highest BCUT2D eigenvalue weighted by Gasteiger charge is 2.43. The maximum atomic E-state index is 11.9. The topological polar surface area (TPSA) is 83.8 Å². The Morgan fingerprint density at radius 2 is 1.80 bits per heavy atom. The molecule has 1 saturated carbocycles. The maximum absolute atomic E-state index is 11.9. The number of aliphatic hydroxyl groups excluding tert-OH is 1. The van der Waals surface area contributed by atoms with Gasteiger partial charge in [-0.1, -0.05) is 30.3 Å². The van der Waals surface area contributed by atoms with Crippen molar-refractivity contribution in [2.45, 2.75) is 25.4 Å². The normalized spacial score (nSPS) is 25.4. The van der Waals surface area contributed by atoms with Gasteiger partial charge in [-0.2, -0.15) is 0 Å². The molecule has 2 rings (SSSR count). The largest absolute Gasteiger partial charge is 0.481 e. The van der Waals surface area contributed by atoms with E-state index in [1.807, 2.05) is 30.3 Å². The van der Waals surface area contributed by atoms with Gasteiger partial charge in [-0.05, 0) is 18.4 Å². The van der Waals surface area contributed by atoms with E-state index in [4.69, 9.17) is 9.84 Å². The third-order valence-electron chi connectivity index (χ3n) is 3.64. The molecule has 0 aromatic heterocycles. The maximum Gasteiger partial charge on any atom is 0.309 e. The highest BCUT2D eigenvalue weighted by atomic mass is 16.5. The van der Waals surface area contributed by atoms with Crippen LogP contribution in [0.25, 0.3) is 0 Å². The summed E-state index contributed by atoms with van der Waals surface area (Å²) in [7, 11) is 0. The molecular formula is C15H18O5. The second kappa shape index (κ2) is 6.52. The third-order valence-corrected chi connectivity index (χ3v) is 3.64. The second-order valence-electron chi connectivity index (χ2n) is 5.08. The van der Waals surface area contributed by atoms with Crippen molar-refractivity contribution in [3.05, 3.63) is 35.9 Å². The van der Waals surface area contributed by atoms with Crippen molar-refractivity contribution >= 4 is 11.9 Å². The summed E-state index contributed by atoms with van der Waals surface area (Å²) in [6.07, 6.45) is 0.150. The Labute approximate surface area is 117 Å². The molecule has 20 heavy (non-hydrogen) atoms. The number of carbonyl (C=O) groups excluding carboxylic acids is 1. The summed E-state index contributed by atoms with van der Waals surface area (Å²) in [5.41, 5.74) is 1.06. The number of aliphatic carboxylic acids is 1. The molecule has 1 aliphatic carbocycles. The van der Waals surface area contributed by atoms with Crippen LogP contribution in [0.5, 0.6) is 0 Å². The van der Waals surface area contributed by atoms with Crippen molar-refractivity contribution in [2.75, 3.05) is 6.61 Å². The summed E-state index contributed by atoms with van der Waals surface area (Å²) in [5.74, 6) is -3.15. The minimum absolute atomic E-state index is 0.119. The number of aliphatic hydroxyl groups is 1. The van der Waals surface area contributed by atoms with Gasteiger partial charge in [-0.3, -0.25) is 9.59 Å². The number of rotatable bonds is 5. The molecule has 0 saturated heterocycles. The van der Waals surface area contributed by atoms with Gasteiger partial charge in [0.2, 0.25) is 0 Å². The van der Waals surface area contributed by atoms with Gasteiger partial charge < -0.3 is 14.9 Å². The number of hydrogen-bond donors (Lipinski definition) is 2. The molecule has 108 valence electrons. The summed E-state index contributed by atoms with van der Waals surface area (Å²) in [4.78, 5) is 22.9. The molecule has 0 spiro atoms. The molecule has 0 bridgehead atoms. The fraction of sp³-hybridized carbons (Fsp3) is 0.467. The van der Waals surface area contributed by atoms with Crippen LogP contribution in [0, 0.1) is 11.8 Å². The van der Waals surface area contributed by atoms with E-state index in [-0.39, 0.29) is 19.4 Å². The molecule has 0 unspecified atom stereocenters. The molecule has 5 heteroatoms. The van der Waals surface area contributed by atoms with E-state index in [1.165, 1.54) is 0 Å². The molecule has 3 atom stereocenters. The van der Waals surface area contributed by atoms with Crippen LogP contribution in [-0.2, 0) is 20.7 Å². The lowest BCUT2D eigenvalue weighted by molar-refractivity contribution is -0.156. The molecule has 1 aliphatic rings. The van der Waals surface area contributed by atoms with E-state index in [1.54, 1.807) is 0 Å². The number of benzene rings is 1. The fourth-order valence-corrected chi connectivity index (χ4v) is 2.57. The zero-order chi connectivity index (χ0) is 14.5. The van der Waals surface area contributed by atoms with Crippen LogP contribution < -0.4 is 0 Å². The molecule has 1 aromatic rings. The molecule has 5 nitrogen and oxygen atoms in total. The van der Waals surface area contributed by atoms with Crippen LogP contribution in [0.4, 0.5) is 0 Å². The molecule has 0 heterocycles. The summed E-state index contributed by atoms with van der Waals surface area (Å²) < 4.78 is 5.15. The Bertz CT molecular complexity index is 470. The highest BCUT2D eigenvalue weighted by molar-refractivity contribution is 5.81. The van der Waals surface area contributed by atoms with Gasteiger partial charge in [0, 0.05) is 6.42 Å². The smallest absolute Gasteiger partial charge is 0.309 e. The second-order valence-corrected chi connectivity index (χ2v) is 5.08. The number of carbonyl (C=O) groups is 2. The van der Waals surface area contributed by atoms with Crippen molar-refractivity contribution in [3.8, 4) is 0 Å². The van der Waals surface area contributed by atoms with Gasteiger partial charge in [-0.15, -0.1) is 0 Å². The van der Waals surface area contributed by atoms with Crippen molar-refractivity contribution < 1.29 is 24.5 Å². The van der Waals surface area contributed by atoms with E-state index >= 15 is 0 Å². The minimum atomic E-state index is -1.05. The lowest BCUT2D eigenvalue weighted by Crippen LogP contribution is -2.27. The summed E-state index contributed by atoms with van der Waals surface area (Å²) in [6, 6.07) is 9.60. The monoisotopic (exact) mass is 278 g/mol. The molecule has 0 radical (unpaired) electrons. The zero-order valence-electron chi connectivity index (χ0n) is 11.1. The van der Waals surface area contributed by atoms with E-state index in [0.29, 0.717) is 6.42 Å². The average Bonchev–Trinajstić information content (AvgIpc) is 2.82. The van der Waals surface area contributed by atoms with Gasteiger partial charge in [0.25, 0.3) is 0 Å². The lowest BCUT2D eigenvalue weighted by atomic mass is 9.96. The van der Waals surface area contributed by atoms with E-state index in [9.17, 15) is 14.7 Å². The van der Waals surface area contributed by atoms with Crippen LogP contribution in [0.1, 0.15) is 18.4 Å². The predicted molar refractivity (Wildman–Crippen MR) is 71.0 cm³/mol. The molecule has 1 aromatic carbocycles. The molecule has 2 N–H and O–H groups in total. The van der Waals surface area contributed by atoms with Gasteiger partial charge in [-0.25, -0.2) is 0 Å². The summed E-state index contributed by atoms with van der Waals surface area (Å²) in [5, 5.41) is 18.5. The Morgan fingerprint density at radius 1 is 1.15 bits per heavy atom. The molecule has 0 amide bonds. The number of esters is 1. The van der Waals surface area contributed by atoms with E-state index < -0.39 is 29.9 Å². The Kier molecular flexibility index (Phi) is 4.74. The lowest BCUT2D eigenvalue weighted by Gasteiger charge is -2.14. The average molecular weight is 278 g/mol. The van der Waals surface area contributed by atoms with Crippen LogP contribution in [-0.4, -0.2) is 34.9 Å². The first kappa shape index (κ1) is 14.5. The number of carboxylic acid groups (broad SMARTS) is 1. The van der Waals surface area contributed by atoms with E-state index in [2.05, 4.69) is 0 Å². The summed E-state index contributed by atoms with van der Waals surface area (Å²) >= 11 is 0. The quantitative estimate of drug-likeness (QED) is 0.792. The van der Waals surface area contributed by atoms with Crippen LogP contribution in [0.15, 0.2) is 30.3 Å². The van der Waals surface area contributed by atoms with Crippen molar-refractivity contribution in [1.29, 1.82) is 0 Å². The molecule has 0 aliphatic heterocycles. The van der Waals surface area contributed by atoms with Crippen LogP contribution >= 0.6 is 0 Å². The SMILES string of the molecule is O=C(O)[C@@H]1C[C@@H](O)C[C@H]1C(=O)OCCc1ccccc1. The number of ether oxygens (including phenoxy) is 1. The predicted octanol–water partition coefficient (Wildman–Crippen LogP) is 1.24. The van der Waals surface area contributed by atoms with Crippen molar-refractivity contribution in [2.24, 2.45) is 11.8 Å². The van der Waals surface area contributed by atoms with Crippen LogP contribution in [0.2, 0.25) is 0 Å². The van der Waals surface area contributed by atoms with Gasteiger partial charge >= 0.3 is 11.9 Å². The Morgan fingerprint density at radius 3 is 2.45 bits per heavy atom.